The molecule has 0 saturated heterocycles. The average molecular weight is 350 g/mol. The summed E-state index contributed by atoms with van der Waals surface area (Å²) in [5.74, 6) is -1.17. The number of carboxylic acids is 1. The number of aliphatic carboxylic acids is 1. The van der Waals surface area contributed by atoms with Crippen molar-refractivity contribution in [2.45, 2.75) is 32.6 Å². The van der Waals surface area contributed by atoms with Gasteiger partial charge in [-0.05, 0) is 6.42 Å². The van der Waals surface area contributed by atoms with Gasteiger partial charge in [-0.15, -0.1) is 0 Å². The third-order valence-electron chi connectivity index (χ3n) is 2.82. The molecule has 0 rings (SSSR count). The lowest BCUT2D eigenvalue weighted by molar-refractivity contribution is -0.145. The molecule has 0 saturated carbocycles. The van der Waals surface area contributed by atoms with Gasteiger partial charge in [0.1, 0.15) is 13.2 Å². The first-order valence-corrected chi connectivity index (χ1v) is 8.35. The van der Waals surface area contributed by atoms with E-state index >= 15 is 0 Å². The van der Waals surface area contributed by atoms with Crippen molar-refractivity contribution in [3.05, 3.63) is 0 Å². The van der Waals surface area contributed by atoms with E-state index in [1.54, 1.807) is 0 Å². The van der Waals surface area contributed by atoms with Crippen molar-refractivity contribution in [2.75, 3.05) is 59.5 Å². The summed E-state index contributed by atoms with van der Waals surface area (Å²) in [6.45, 7) is 4.67. The SMILES string of the molecule is CCCCCC(=O)OCCOCCOCCOCCOCC(=O)O. The number of rotatable bonds is 18. The van der Waals surface area contributed by atoms with Crippen LogP contribution in [0.2, 0.25) is 0 Å². The van der Waals surface area contributed by atoms with E-state index in [9.17, 15) is 9.59 Å². The Morgan fingerprint density at radius 1 is 0.750 bits per heavy atom. The summed E-state index contributed by atoms with van der Waals surface area (Å²) in [4.78, 5) is 21.5. The Bertz CT molecular complexity index is 308. The summed E-state index contributed by atoms with van der Waals surface area (Å²) in [6.07, 6.45) is 3.47. The van der Waals surface area contributed by atoms with E-state index in [1.165, 1.54) is 0 Å². The summed E-state index contributed by atoms with van der Waals surface area (Å²) in [5, 5.41) is 8.34. The van der Waals surface area contributed by atoms with Gasteiger partial charge in [0, 0.05) is 6.42 Å². The molecule has 0 spiro atoms. The third kappa shape index (κ3) is 18.8. The van der Waals surface area contributed by atoms with Crippen molar-refractivity contribution < 1.29 is 38.4 Å². The fraction of sp³-hybridized carbons (Fsp3) is 0.875. The molecule has 0 unspecified atom stereocenters. The van der Waals surface area contributed by atoms with Crippen LogP contribution >= 0.6 is 0 Å². The van der Waals surface area contributed by atoms with Gasteiger partial charge in [0.05, 0.1) is 46.2 Å². The van der Waals surface area contributed by atoms with E-state index in [0.29, 0.717) is 46.1 Å². The van der Waals surface area contributed by atoms with Crippen molar-refractivity contribution in [2.24, 2.45) is 0 Å². The molecule has 0 bridgehead atoms. The fourth-order valence-corrected chi connectivity index (χ4v) is 1.63. The van der Waals surface area contributed by atoms with Crippen LogP contribution in [0, 0.1) is 0 Å². The second-order valence-electron chi connectivity index (χ2n) is 4.96. The van der Waals surface area contributed by atoms with E-state index < -0.39 is 5.97 Å². The molecule has 0 amide bonds. The number of carbonyl (C=O) groups excluding carboxylic acids is 1. The van der Waals surface area contributed by atoms with E-state index in [1.807, 2.05) is 0 Å². The van der Waals surface area contributed by atoms with Gasteiger partial charge in [-0.25, -0.2) is 4.79 Å². The van der Waals surface area contributed by atoms with Crippen LogP contribution in [0.1, 0.15) is 32.6 Å². The van der Waals surface area contributed by atoms with Crippen molar-refractivity contribution >= 4 is 11.9 Å². The second kappa shape index (κ2) is 18.1. The summed E-state index contributed by atoms with van der Waals surface area (Å²) in [5.41, 5.74) is 0. The van der Waals surface area contributed by atoms with Gasteiger partial charge in [-0.2, -0.15) is 0 Å². The maximum absolute atomic E-state index is 11.3. The fourth-order valence-electron chi connectivity index (χ4n) is 1.63. The lowest BCUT2D eigenvalue weighted by Gasteiger charge is -2.07. The number of hydrogen-bond acceptors (Lipinski definition) is 7. The number of carboxylic acid groups (broad SMARTS) is 1. The number of hydrogen-bond donors (Lipinski definition) is 1. The van der Waals surface area contributed by atoms with E-state index in [0.717, 1.165) is 19.3 Å². The van der Waals surface area contributed by atoms with Gasteiger partial charge < -0.3 is 28.8 Å². The predicted molar refractivity (Wildman–Crippen MR) is 86.0 cm³/mol. The first-order chi connectivity index (χ1) is 11.7. The highest BCUT2D eigenvalue weighted by atomic mass is 16.6. The monoisotopic (exact) mass is 350 g/mol. The summed E-state index contributed by atoms with van der Waals surface area (Å²) < 4.78 is 25.6. The topological polar surface area (TPSA) is 101 Å². The smallest absolute Gasteiger partial charge is 0.329 e. The molecule has 142 valence electrons. The molecule has 0 heterocycles. The van der Waals surface area contributed by atoms with Crippen LogP contribution in [0.25, 0.3) is 0 Å². The van der Waals surface area contributed by atoms with Crippen molar-refractivity contribution in [3.8, 4) is 0 Å². The van der Waals surface area contributed by atoms with E-state index in [4.69, 9.17) is 28.8 Å². The highest BCUT2D eigenvalue weighted by Gasteiger charge is 2.01. The molecule has 24 heavy (non-hydrogen) atoms. The molecule has 8 nitrogen and oxygen atoms in total. The molecule has 0 aromatic rings. The van der Waals surface area contributed by atoms with Crippen LogP contribution in [0.15, 0.2) is 0 Å². The maximum Gasteiger partial charge on any atom is 0.329 e. The lowest BCUT2D eigenvalue weighted by atomic mass is 10.2. The number of unbranched alkanes of at least 4 members (excludes halogenated alkanes) is 2. The second-order valence-corrected chi connectivity index (χ2v) is 4.96. The van der Waals surface area contributed by atoms with Gasteiger partial charge in [0.15, 0.2) is 0 Å². The normalized spacial score (nSPS) is 10.7. The quantitative estimate of drug-likeness (QED) is 0.291. The number of ether oxygens (including phenoxy) is 5. The van der Waals surface area contributed by atoms with E-state index in [2.05, 4.69) is 6.92 Å². The van der Waals surface area contributed by atoms with Crippen LogP contribution in [0.5, 0.6) is 0 Å². The zero-order valence-electron chi connectivity index (χ0n) is 14.5. The molecule has 0 aliphatic heterocycles. The molecule has 0 aliphatic rings. The highest BCUT2D eigenvalue weighted by Crippen LogP contribution is 2.00. The Balaban J connectivity index is 3.10. The summed E-state index contributed by atoms with van der Waals surface area (Å²) in [7, 11) is 0. The Hall–Kier alpha value is -1.22. The first kappa shape index (κ1) is 22.8. The van der Waals surface area contributed by atoms with Crippen molar-refractivity contribution in [3.63, 3.8) is 0 Å². The Kier molecular flexibility index (Phi) is 17.2. The Labute approximate surface area is 143 Å². The standard InChI is InChI=1S/C16H30O8/c1-2-3-4-5-16(19)24-13-12-22-9-8-20-6-7-21-10-11-23-14-15(17)18/h2-14H2,1H3,(H,17,18). The molecule has 0 aliphatic carbocycles. The van der Waals surface area contributed by atoms with Crippen LogP contribution in [-0.2, 0) is 33.3 Å². The molecular weight excluding hydrogens is 320 g/mol. The zero-order valence-corrected chi connectivity index (χ0v) is 14.5. The predicted octanol–water partition coefficient (Wildman–Crippen LogP) is 1.26. The van der Waals surface area contributed by atoms with Gasteiger partial charge in [0.2, 0.25) is 0 Å². The van der Waals surface area contributed by atoms with E-state index in [-0.39, 0.29) is 25.8 Å². The maximum atomic E-state index is 11.3. The zero-order chi connectivity index (χ0) is 17.9. The minimum atomic E-state index is -0.996. The molecule has 0 radical (unpaired) electrons. The van der Waals surface area contributed by atoms with Gasteiger partial charge in [0.25, 0.3) is 0 Å². The summed E-state index contributed by atoms with van der Waals surface area (Å²) in [6, 6.07) is 0. The van der Waals surface area contributed by atoms with Gasteiger partial charge >= 0.3 is 11.9 Å². The van der Waals surface area contributed by atoms with Gasteiger partial charge in [-0.3, -0.25) is 4.79 Å². The van der Waals surface area contributed by atoms with Crippen molar-refractivity contribution in [1.82, 2.24) is 0 Å². The van der Waals surface area contributed by atoms with Crippen molar-refractivity contribution in [1.29, 1.82) is 0 Å². The molecular formula is C16H30O8. The molecule has 0 aromatic heterocycles. The third-order valence-corrected chi connectivity index (χ3v) is 2.82. The van der Waals surface area contributed by atoms with Crippen LogP contribution in [0.3, 0.4) is 0 Å². The molecule has 0 fully saturated rings. The highest BCUT2D eigenvalue weighted by molar-refractivity contribution is 5.69. The largest absolute Gasteiger partial charge is 0.480 e. The lowest BCUT2D eigenvalue weighted by Crippen LogP contribution is -2.15. The molecule has 0 aromatic carbocycles. The molecule has 8 heteroatoms. The Morgan fingerprint density at radius 2 is 1.25 bits per heavy atom. The molecule has 0 atom stereocenters. The minimum absolute atomic E-state index is 0.173. The summed E-state index contributed by atoms with van der Waals surface area (Å²) >= 11 is 0. The Morgan fingerprint density at radius 3 is 1.75 bits per heavy atom. The van der Waals surface area contributed by atoms with Crippen LogP contribution < -0.4 is 0 Å². The number of esters is 1. The van der Waals surface area contributed by atoms with Gasteiger partial charge in [-0.1, -0.05) is 19.8 Å². The average Bonchev–Trinajstić information content (AvgIpc) is 2.55. The minimum Gasteiger partial charge on any atom is -0.480 e. The number of carbonyl (C=O) groups is 2. The first-order valence-electron chi connectivity index (χ1n) is 8.35. The van der Waals surface area contributed by atoms with Crippen LogP contribution in [0.4, 0.5) is 0 Å². The molecule has 1 N–H and O–H groups in total. The van der Waals surface area contributed by atoms with Crippen LogP contribution in [-0.4, -0.2) is 76.5 Å².